The largest absolute Gasteiger partial charge is 0.490 e. The summed E-state index contributed by atoms with van der Waals surface area (Å²) in [7, 11) is 1.60. The summed E-state index contributed by atoms with van der Waals surface area (Å²) < 4.78 is 20.2. The van der Waals surface area contributed by atoms with Crippen LogP contribution in [0.15, 0.2) is 27.8 Å². The lowest BCUT2D eigenvalue weighted by Gasteiger charge is -2.14. The van der Waals surface area contributed by atoms with Gasteiger partial charge in [0.2, 0.25) is 0 Å². The molecule has 0 radical (unpaired) electrons. The molecule has 1 aromatic carbocycles. The van der Waals surface area contributed by atoms with Crippen molar-refractivity contribution in [3.8, 4) is 22.9 Å². The van der Waals surface area contributed by atoms with Gasteiger partial charge in [-0.25, -0.2) is 9.78 Å². The summed E-state index contributed by atoms with van der Waals surface area (Å²) in [5, 5.41) is 0. The Hall–Kier alpha value is -3.07. The molecule has 174 valence electrons. The molecule has 0 fully saturated rings. The van der Waals surface area contributed by atoms with Gasteiger partial charge in [-0.05, 0) is 38.0 Å². The smallest absolute Gasteiger partial charge is 0.330 e. The Morgan fingerprint density at radius 1 is 0.969 bits per heavy atom. The Balaban J connectivity index is 2.22. The Labute approximate surface area is 187 Å². The third-order valence-corrected chi connectivity index (χ3v) is 5.10. The topological polar surface area (TPSA) is 100 Å². The van der Waals surface area contributed by atoms with Gasteiger partial charge in [-0.15, -0.1) is 0 Å². The van der Waals surface area contributed by atoms with Gasteiger partial charge < -0.3 is 18.8 Å². The van der Waals surface area contributed by atoms with Gasteiger partial charge in [0.25, 0.3) is 5.56 Å². The van der Waals surface area contributed by atoms with Crippen LogP contribution in [0.1, 0.15) is 40.0 Å². The van der Waals surface area contributed by atoms with E-state index in [0.29, 0.717) is 61.4 Å². The van der Waals surface area contributed by atoms with Crippen molar-refractivity contribution >= 4 is 11.2 Å². The first-order valence-corrected chi connectivity index (χ1v) is 11.2. The second-order valence-corrected chi connectivity index (χ2v) is 7.46. The number of aromatic nitrogens is 4. The Morgan fingerprint density at radius 3 is 2.47 bits per heavy atom. The highest BCUT2D eigenvalue weighted by molar-refractivity contribution is 5.77. The van der Waals surface area contributed by atoms with E-state index in [1.165, 1.54) is 4.57 Å². The van der Waals surface area contributed by atoms with E-state index < -0.39 is 11.2 Å². The van der Waals surface area contributed by atoms with Crippen LogP contribution in [-0.2, 0) is 17.8 Å². The van der Waals surface area contributed by atoms with E-state index in [1.807, 2.05) is 39.0 Å². The molecule has 0 saturated carbocycles. The van der Waals surface area contributed by atoms with Crippen LogP contribution >= 0.6 is 0 Å². The van der Waals surface area contributed by atoms with E-state index in [-0.39, 0.29) is 0 Å². The van der Waals surface area contributed by atoms with E-state index in [9.17, 15) is 9.59 Å². The van der Waals surface area contributed by atoms with Gasteiger partial charge in [-0.1, -0.05) is 20.3 Å². The van der Waals surface area contributed by atoms with Crippen LogP contribution < -0.4 is 20.7 Å². The maximum absolute atomic E-state index is 12.8. The van der Waals surface area contributed by atoms with Crippen LogP contribution in [-0.4, -0.2) is 46.0 Å². The quantitative estimate of drug-likeness (QED) is 0.460. The molecule has 0 amide bonds. The predicted octanol–water partition coefficient (Wildman–Crippen LogP) is 3.19. The summed E-state index contributed by atoms with van der Waals surface area (Å²) in [6.45, 7) is 8.37. The minimum Gasteiger partial charge on any atom is -0.490 e. The minimum atomic E-state index is -0.458. The van der Waals surface area contributed by atoms with E-state index in [4.69, 9.17) is 19.2 Å². The maximum atomic E-state index is 12.8. The number of nitrogens with one attached hydrogen (secondary N) is 1. The fraction of sp³-hybridized carbons (Fsp3) is 0.522. The molecular formula is C23H32N4O5. The predicted molar refractivity (Wildman–Crippen MR) is 124 cm³/mol. The average Bonchev–Trinajstić information content (AvgIpc) is 3.16. The molecule has 3 rings (SSSR count). The number of methoxy groups -OCH3 is 1. The Morgan fingerprint density at radius 2 is 1.78 bits per heavy atom. The number of imidazole rings is 1. The minimum absolute atomic E-state index is 0.358. The van der Waals surface area contributed by atoms with E-state index in [0.717, 1.165) is 24.8 Å². The molecule has 0 aliphatic carbocycles. The van der Waals surface area contributed by atoms with Crippen molar-refractivity contribution < 1.29 is 14.2 Å². The molecule has 0 unspecified atom stereocenters. The molecule has 0 saturated heterocycles. The summed E-state index contributed by atoms with van der Waals surface area (Å²) >= 11 is 0. The van der Waals surface area contributed by atoms with Gasteiger partial charge in [-0.2, -0.15) is 0 Å². The van der Waals surface area contributed by atoms with Crippen LogP contribution in [0.25, 0.3) is 22.6 Å². The van der Waals surface area contributed by atoms with Crippen molar-refractivity contribution in [2.45, 2.75) is 53.1 Å². The molecule has 0 atom stereocenters. The highest BCUT2D eigenvalue weighted by Gasteiger charge is 2.20. The number of unbranched alkanes of at least 4 members (excludes halogenated alkanes) is 1. The van der Waals surface area contributed by atoms with Crippen LogP contribution in [0.2, 0.25) is 0 Å². The SMILES string of the molecule is CCCCn1c(=O)[nH]c(=O)c2c1nc(-c1ccc(OCCC)c(OCC)c1)n2CCOC. The molecule has 0 aliphatic rings. The molecule has 0 aliphatic heterocycles. The number of aromatic amines is 1. The number of hydrogen-bond acceptors (Lipinski definition) is 6. The van der Waals surface area contributed by atoms with Gasteiger partial charge in [0.1, 0.15) is 5.82 Å². The summed E-state index contributed by atoms with van der Waals surface area (Å²) in [5.41, 5.74) is 0.593. The summed E-state index contributed by atoms with van der Waals surface area (Å²) in [4.78, 5) is 32.5. The zero-order valence-corrected chi connectivity index (χ0v) is 19.3. The molecule has 9 nitrogen and oxygen atoms in total. The first-order chi connectivity index (χ1) is 15.5. The standard InChI is InChI=1S/C23H32N4O5/c1-5-8-11-27-21-19(22(28)25-23(27)29)26(12-14-30-4)20(24-21)16-9-10-17(32-13-6-2)18(15-16)31-7-3/h9-10,15H,5-8,11-14H2,1-4H3,(H,25,28,29). The van der Waals surface area contributed by atoms with E-state index in [1.54, 1.807) is 11.7 Å². The first-order valence-electron chi connectivity index (χ1n) is 11.2. The van der Waals surface area contributed by atoms with Gasteiger partial charge in [0.15, 0.2) is 22.7 Å². The molecule has 1 N–H and O–H groups in total. The van der Waals surface area contributed by atoms with Crippen molar-refractivity contribution in [2.75, 3.05) is 26.9 Å². The Bertz CT molecular complexity index is 1160. The van der Waals surface area contributed by atoms with Crippen molar-refractivity contribution in [3.05, 3.63) is 39.0 Å². The first kappa shape index (κ1) is 23.6. The van der Waals surface area contributed by atoms with Gasteiger partial charge in [0, 0.05) is 25.8 Å². The van der Waals surface area contributed by atoms with Crippen molar-refractivity contribution in [1.29, 1.82) is 0 Å². The molecular weight excluding hydrogens is 412 g/mol. The van der Waals surface area contributed by atoms with Crippen LogP contribution in [0.3, 0.4) is 0 Å². The molecule has 0 bridgehead atoms. The van der Waals surface area contributed by atoms with Crippen LogP contribution in [0.4, 0.5) is 0 Å². The third-order valence-electron chi connectivity index (χ3n) is 5.10. The monoisotopic (exact) mass is 444 g/mol. The number of nitrogens with zero attached hydrogens (tertiary/aromatic N) is 3. The second kappa shape index (κ2) is 11.0. The fourth-order valence-corrected chi connectivity index (χ4v) is 3.56. The normalized spacial score (nSPS) is 11.2. The van der Waals surface area contributed by atoms with Crippen molar-refractivity contribution in [2.24, 2.45) is 0 Å². The summed E-state index contributed by atoms with van der Waals surface area (Å²) in [6, 6.07) is 5.60. The average molecular weight is 445 g/mol. The fourth-order valence-electron chi connectivity index (χ4n) is 3.56. The lowest BCUT2D eigenvalue weighted by Crippen LogP contribution is -2.31. The third kappa shape index (κ3) is 4.88. The number of aryl methyl sites for hydroxylation is 1. The van der Waals surface area contributed by atoms with E-state index in [2.05, 4.69) is 4.98 Å². The molecule has 32 heavy (non-hydrogen) atoms. The van der Waals surface area contributed by atoms with Crippen LogP contribution in [0, 0.1) is 0 Å². The van der Waals surface area contributed by atoms with Crippen molar-refractivity contribution in [1.82, 2.24) is 19.1 Å². The van der Waals surface area contributed by atoms with Crippen LogP contribution in [0.5, 0.6) is 11.5 Å². The highest BCUT2D eigenvalue weighted by atomic mass is 16.5. The lowest BCUT2D eigenvalue weighted by atomic mass is 10.2. The number of benzene rings is 1. The molecule has 0 spiro atoms. The lowest BCUT2D eigenvalue weighted by molar-refractivity contribution is 0.188. The number of hydrogen-bond donors (Lipinski definition) is 1. The second-order valence-electron chi connectivity index (χ2n) is 7.46. The summed E-state index contributed by atoms with van der Waals surface area (Å²) in [5.74, 6) is 1.84. The number of rotatable bonds is 12. The molecule has 2 aromatic heterocycles. The summed E-state index contributed by atoms with van der Waals surface area (Å²) in [6.07, 6.45) is 2.61. The maximum Gasteiger partial charge on any atom is 0.330 e. The highest BCUT2D eigenvalue weighted by Crippen LogP contribution is 2.33. The Kier molecular flexibility index (Phi) is 8.10. The molecule has 2 heterocycles. The number of ether oxygens (including phenoxy) is 3. The number of fused-ring (bicyclic) bond motifs is 1. The van der Waals surface area contributed by atoms with Crippen molar-refractivity contribution in [3.63, 3.8) is 0 Å². The zero-order chi connectivity index (χ0) is 23.1. The number of H-pyrrole nitrogens is 1. The van der Waals surface area contributed by atoms with E-state index >= 15 is 0 Å². The van der Waals surface area contributed by atoms with Gasteiger partial charge >= 0.3 is 5.69 Å². The molecule has 3 aromatic rings. The molecule has 9 heteroatoms. The zero-order valence-electron chi connectivity index (χ0n) is 19.3. The van der Waals surface area contributed by atoms with Gasteiger partial charge in [0.05, 0.1) is 19.8 Å². The van der Waals surface area contributed by atoms with Gasteiger partial charge in [-0.3, -0.25) is 14.3 Å².